The summed E-state index contributed by atoms with van der Waals surface area (Å²) in [6.07, 6.45) is -0.818. The van der Waals surface area contributed by atoms with Crippen LogP contribution in [0.2, 0.25) is 5.02 Å². The zero-order chi connectivity index (χ0) is 32.4. The molecule has 5 rings (SSSR count). The minimum atomic E-state index is -0.897. The van der Waals surface area contributed by atoms with Gasteiger partial charge in [-0.15, -0.1) is 11.3 Å². The molecule has 0 radical (unpaired) electrons. The van der Waals surface area contributed by atoms with Gasteiger partial charge in [0.15, 0.2) is 0 Å². The summed E-state index contributed by atoms with van der Waals surface area (Å²) in [4.78, 5) is 33.6. The number of hydrogen-bond donors (Lipinski definition) is 4. The zero-order valence-electron chi connectivity index (χ0n) is 25.3. The van der Waals surface area contributed by atoms with E-state index < -0.39 is 18.1 Å². The molecule has 230 valence electrons. The van der Waals surface area contributed by atoms with Gasteiger partial charge >= 0.3 is 5.97 Å². The second-order valence-electron chi connectivity index (χ2n) is 10.8. The van der Waals surface area contributed by atoms with Crippen LogP contribution in [0, 0.1) is 24.7 Å². The van der Waals surface area contributed by atoms with Gasteiger partial charge in [0, 0.05) is 26.6 Å². The quantitative estimate of drug-likeness (QED) is 0.0713. The largest absolute Gasteiger partial charge is 0.458 e. The molecule has 0 bridgehead atoms. The average Bonchev–Trinajstić information content (AvgIpc) is 3.22. The number of hydrogen-bond acceptors (Lipinski definition) is 8. The van der Waals surface area contributed by atoms with E-state index in [1.807, 2.05) is 26.0 Å². The number of amidine groups is 2. The fourth-order valence-corrected chi connectivity index (χ4v) is 6.42. The number of nitrogens with two attached hydrogens (primary N) is 1. The number of aliphatic imine (C=N–C) groups is 1. The molecule has 11 heteroatoms. The number of halogens is 1. The highest BCUT2D eigenvalue weighted by atomic mass is 35.5. The number of fused-ring (bicyclic) bond motifs is 1. The van der Waals surface area contributed by atoms with E-state index >= 15 is 0 Å². The molecule has 0 saturated heterocycles. The first kappa shape index (κ1) is 31.6. The van der Waals surface area contributed by atoms with Crippen LogP contribution in [0.4, 0.5) is 16.4 Å². The lowest BCUT2D eigenvalue weighted by molar-refractivity contribution is -0.148. The number of nitrogens with one attached hydrogen (secondary N) is 3. The molecule has 1 aromatic heterocycles. The molecular formula is C34H33ClN6O3S. The predicted molar refractivity (Wildman–Crippen MR) is 183 cm³/mol. The van der Waals surface area contributed by atoms with Crippen LogP contribution < -0.4 is 16.0 Å². The Hall–Kier alpha value is -4.80. The Bertz CT molecular complexity index is 1830. The molecule has 1 amide bonds. The number of rotatable bonds is 7. The highest BCUT2D eigenvalue weighted by molar-refractivity contribution is 7.17. The fraction of sp³-hybridized carbons (Fsp3) is 0.206. The Morgan fingerprint density at radius 2 is 1.76 bits per heavy atom. The van der Waals surface area contributed by atoms with Crippen molar-refractivity contribution in [3.63, 3.8) is 0 Å². The summed E-state index contributed by atoms with van der Waals surface area (Å²) >= 11 is 7.66. The van der Waals surface area contributed by atoms with Crippen LogP contribution in [0.25, 0.3) is 0 Å². The number of benzene rings is 3. The predicted octanol–water partition coefficient (Wildman–Crippen LogP) is 7.55. The Balaban J connectivity index is 1.36. The first-order chi connectivity index (χ1) is 21.4. The van der Waals surface area contributed by atoms with Gasteiger partial charge in [0.25, 0.3) is 5.91 Å². The van der Waals surface area contributed by atoms with E-state index in [2.05, 4.69) is 5.32 Å². The van der Waals surface area contributed by atoms with Crippen molar-refractivity contribution in [1.82, 2.24) is 0 Å². The SMILES string of the molecule is CC(=N)N1C(=N)[C@H](CC(=O)O[C@H](C)c2ccc(C(=O)Nc3ccccc3N)cc2)N=C(c2ccc(Cl)cc2)c2c1sc(C)c2C. The normalized spacial score (nSPS) is 15.0. The topological polar surface area (TPSA) is 145 Å². The smallest absolute Gasteiger partial charge is 0.309 e. The van der Waals surface area contributed by atoms with Crippen molar-refractivity contribution in [3.05, 3.63) is 111 Å². The highest BCUT2D eigenvalue weighted by Gasteiger charge is 2.35. The number of nitrogens with zero attached hydrogens (tertiary/aromatic N) is 2. The molecule has 0 spiro atoms. The van der Waals surface area contributed by atoms with Crippen molar-refractivity contribution in [2.24, 2.45) is 4.99 Å². The second-order valence-corrected chi connectivity index (χ2v) is 12.4. The molecule has 5 N–H and O–H groups in total. The van der Waals surface area contributed by atoms with Crippen LogP contribution in [-0.2, 0) is 9.53 Å². The van der Waals surface area contributed by atoms with E-state index in [9.17, 15) is 9.59 Å². The molecule has 1 aliphatic heterocycles. The standard InChI is InChI=1S/C34H33ClN6O3S/c1-18-20(3)45-34-30(18)31(23-13-15-25(35)16-14-23)39-28(32(38)41(34)21(4)36)17-29(42)44-19(2)22-9-11-24(12-10-22)33(43)40-27-8-6-5-7-26(27)37/h5-16,19,28,36,38H,17,37H2,1-4H3,(H,40,43)/t19-,28+/m1/s1. The number of ether oxygens (including phenoxy) is 1. The maximum atomic E-state index is 13.3. The summed E-state index contributed by atoms with van der Waals surface area (Å²) in [6.45, 7) is 7.37. The van der Waals surface area contributed by atoms with Gasteiger partial charge in [0.2, 0.25) is 0 Å². The number of carbonyl (C=O) groups is 2. The lowest BCUT2D eigenvalue weighted by Gasteiger charge is -2.25. The van der Waals surface area contributed by atoms with Crippen LogP contribution in [0.15, 0.2) is 77.8 Å². The number of amides is 1. The lowest BCUT2D eigenvalue weighted by atomic mass is 9.99. The number of nitrogen functional groups attached to an aromatic ring is 1. The molecule has 3 aromatic carbocycles. The van der Waals surface area contributed by atoms with Crippen molar-refractivity contribution in [1.29, 1.82) is 10.8 Å². The molecule has 2 heterocycles. The lowest BCUT2D eigenvalue weighted by Crippen LogP contribution is -2.41. The first-order valence-corrected chi connectivity index (χ1v) is 15.5. The summed E-state index contributed by atoms with van der Waals surface area (Å²) in [5.74, 6) is -0.678. The van der Waals surface area contributed by atoms with Gasteiger partial charge in [0.1, 0.15) is 28.8 Å². The van der Waals surface area contributed by atoms with Gasteiger partial charge in [-0.2, -0.15) is 0 Å². The van der Waals surface area contributed by atoms with E-state index in [4.69, 9.17) is 37.9 Å². The maximum Gasteiger partial charge on any atom is 0.309 e. The molecular weight excluding hydrogens is 608 g/mol. The van der Waals surface area contributed by atoms with Crippen molar-refractivity contribution in [2.75, 3.05) is 16.0 Å². The van der Waals surface area contributed by atoms with E-state index in [0.717, 1.165) is 26.6 Å². The number of aryl methyl sites for hydroxylation is 1. The number of esters is 1. The van der Waals surface area contributed by atoms with E-state index in [1.165, 1.54) is 11.3 Å². The van der Waals surface area contributed by atoms with Crippen LogP contribution in [0.1, 0.15) is 63.9 Å². The third kappa shape index (κ3) is 6.67. The highest BCUT2D eigenvalue weighted by Crippen LogP contribution is 2.40. The third-order valence-electron chi connectivity index (χ3n) is 7.62. The molecule has 2 atom stereocenters. The van der Waals surface area contributed by atoms with Gasteiger partial charge in [0.05, 0.1) is 23.5 Å². The van der Waals surface area contributed by atoms with E-state index in [1.54, 1.807) is 79.4 Å². The average molecular weight is 641 g/mol. The Morgan fingerprint density at radius 1 is 1.09 bits per heavy atom. The summed E-state index contributed by atoms with van der Waals surface area (Å²) in [7, 11) is 0. The summed E-state index contributed by atoms with van der Waals surface area (Å²) < 4.78 is 5.78. The van der Waals surface area contributed by atoms with Crippen molar-refractivity contribution < 1.29 is 14.3 Å². The Labute approximate surface area is 270 Å². The van der Waals surface area contributed by atoms with Crippen LogP contribution in [-0.4, -0.2) is 35.3 Å². The molecule has 4 aromatic rings. The second kappa shape index (κ2) is 13.1. The van der Waals surface area contributed by atoms with Gasteiger partial charge < -0.3 is 15.8 Å². The molecule has 0 fully saturated rings. The Morgan fingerprint density at radius 3 is 2.40 bits per heavy atom. The number of anilines is 3. The minimum absolute atomic E-state index is 0.0213. The molecule has 45 heavy (non-hydrogen) atoms. The molecule has 1 aliphatic rings. The maximum absolute atomic E-state index is 13.3. The molecule has 0 unspecified atom stereocenters. The molecule has 9 nitrogen and oxygen atoms in total. The number of para-hydroxylation sites is 2. The third-order valence-corrected chi connectivity index (χ3v) is 9.07. The zero-order valence-corrected chi connectivity index (χ0v) is 26.8. The Kier molecular flexibility index (Phi) is 9.17. The minimum Gasteiger partial charge on any atom is -0.458 e. The summed E-state index contributed by atoms with van der Waals surface area (Å²) in [5.41, 5.74) is 11.3. The van der Waals surface area contributed by atoms with E-state index in [-0.39, 0.29) is 24.0 Å². The van der Waals surface area contributed by atoms with Crippen molar-refractivity contribution in [3.8, 4) is 0 Å². The van der Waals surface area contributed by atoms with E-state index in [0.29, 0.717) is 33.2 Å². The van der Waals surface area contributed by atoms with Gasteiger partial charge in [-0.3, -0.25) is 30.3 Å². The summed E-state index contributed by atoms with van der Waals surface area (Å²) in [5, 5.41) is 21.7. The fourth-order valence-electron chi connectivity index (χ4n) is 5.07. The van der Waals surface area contributed by atoms with Crippen LogP contribution >= 0.6 is 22.9 Å². The number of carbonyl (C=O) groups excluding carboxylic acids is 2. The number of thiophene rings is 1. The van der Waals surface area contributed by atoms with Gasteiger partial charge in [-0.25, -0.2) is 0 Å². The molecule has 0 saturated carbocycles. The van der Waals surface area contributed by atoms with Crippen LogP contribution in [0.3, 0.4) is 0 Å². The summed E-state index contributed by atoms with van der Waals surface area (Å²) in [6, 6.07) is 20.2. The van der Waals surface area contributed by atoms with Crippen molar-refractivity contribution in [2.45, 2.75) is 46.3 Å². The van der Waals surface area contributed by atoms with Crippen molar-refractivity contribution >= 4 is 68.6 Å². The monoisotopic (exact) mass is 640 g/mol. The van der Waals surface area contributed by atoms with Gasteiger partial charge in [-0.05, 0) is 75.2 Å². The van der Waals surface area contributed by atoms with Crippen LogP contribution in [0.5, 0.6) is 0 Å². The first-order valence-electron chi connectivity index (χ1n) is 14.3. The van der Waals surface area contributed by atoms with Gasteiger partial charge in [-0.1, -0.05) is 48.0 Å². The molecule has 0 aliphatic carbocycles.